The topological polar surface area (TPSA) is 66.9 Å². The molecule has 0 aromatic carbocycles. The van der Waals surface area contributed by atoms with E-state index in [4.69, 9.17) is 0 Å². The van der Waals surface area contributed by atoms with Crippen molar-refractivity contribution in [1.82, 2.24) is 15.5 Å². The lowest BCUT2D eigenvalue weighted by Gasteiger charge is -2.19. The van der Waals surface area contributed by atoms with Crippen LogP contribution >= 0.6 is 0 Å². The maximum absolute atomic E-state index is 11.6. The van der Waals surface area contributed by atoms with Crippen molar-refractivity contribution >= 4 is 11.7 Å². The predicted octanol–water partition coefficient (Wildman–Crippen LogP) is 1.05. The number of aromatic nitrogens is 2. The Labute approximate surface area is 89.3 Å². The highest BCUT2D eigenvalue weighted by Crippen LogP contribution is 2.04. The standard InChI is InChI=1S/C10H16N4O/c1-10(2,3)12-9(15)7-5-6-8(11-4)14-13-7/h5-6H,1-4H3,(H,11,14)(H,12,15). The van der Waals surface area contributed by atoms with Gasteiger partial charge in [-0.1, -0.05) is 0 Å². The summed E-state index contributed by atoms with van der Waals surface area (Å²) in [5, 5.41) is 13.3. The van der Waals surface area contributed by atoms with Gasteiger partial charge in [-0.15, -0.1) is 10.2 Å². The van der Waals surface area contributed by atoms with Crippen LogP contribution in [-0.2, 0) is 0 Å². The molecule has 0 spiro atoms. The van der Waals surface area contributed by atoms with E-state index in [1.807, 2.05) is 20.8 Å². The molecule has 1 rings (SSSR count). The van der Waals surface area contributed by atoms with Crippen LogP contribution in [-0.4, -0.2) is 28.7 Å². The number of nitrogens with zero attached hydrogens (tertiary/aromatic N) is 2. The molecule has 0 aliphatic rings. The summed E-state index contributed by atoms with van der Waals surface area (Å²) in [6.45, 7) is 5.75. The fourth-order valence-electron chi connectivity index (χ4n) is 0.991. The summed E-state index contributed by atoms with van der Waals surface area (Å²) in [6.07, 6.45) is 0. The normalized spacial score (nSPS) is 10.9. The van der Waals surface area contributed by atoms with Crippen LogP contribution in [0.4, 0.5) is 5.82 Å². The Morgan fingerprint density at radius 2 is 1.93 bits per heavy atom. The largest absolute Gasteiger partial charge is 0.372 e. The number of hydrogen-bond acceptors (Lipinski definition) is 4. The molecule has 1 amide bonds. The molecule has 5 heteroatoms. The Hall–Kier alpha value is -1.65. The number of rotatable bonds is 2. The fraction of sp³-hybridized carbons (Fsp3) is 0.500. The highest BCUT2D eigenvalue weighted by molar-refractivity contribution is 5.92. The van der Waals surface area contributed by atoms with E-state index in [0.717, 1.165) is 0 Å². The number of carbonyl (C=O) groups is 1. The molecule has 0 aliphatic heterocycles. The Morgan fingerprint density at radius 1 is 1.27 bits per heavy atom. The highest BCUT2D eigenvalue weighted by atomic mass is 16.2. The van der Waals surface area contributed by atoms with Gasteiger partial charge in [0.2, 0.25) is 0 Å². The van der Waals surface area contributed by atoms with Gasteiger partial charge in [0.1, 0.15) is 5.82 Å². The molecule has 15 heavy (non-hydrogen) atoms. The smallest absolute Gasteiger partial charge is 0.272 e. The van der Waals surface area contributed by atoms with Gasteiger partial charge in [0, 0.05) is 12.6 Å². The van der Waals surface area contributed by atoms with E-state index in [9.17, 15) is 4.79 Å². The molecule has 82 valence electrons. The average Bonchev–Trinajstić information content (AvgIpc) is 2.15. The third kappa shape index (κ3) is 3.53. The molecule has 0 saturated heterocycles. The highest BCUT2D eigenvalue weighted by Gasteiger charge is 2.16. The third-order valence-electron chi connectivity index (χ3n) is 1.64. The van der Waals surface area contributed by atoms with Crippen molar-refractivity contribution in [2.45, 2.75) is 26.3 Å². The maximum Gasteiger partial charge on any atom is 0.272 e. The summed E-state index contributed by atoms with van der Waals surface area (Å²) in [5.41, 5.74) is 0.0596. The summed E-state index contributed by atoms with van der Waals surface area (Å²) >= 11 is 0. The zero-order valence-electron chi connectivity index (χ0n) is 9.46. The first-order chi connectivity index (χ1) is 6.92. The van der Waals surface area contributed by atoms with Gasteiger partial charge in [-0.2, -0.15) is 0 Å². The summed E-state index contributed by atoms with van der Waals surface area (Å²) in [7, 11) is 1.75. The van der Waals surface area contributed by atoms with Gasteiger partial charge in [-0.05, 0) is 32.9 Å². The molecule has 0 aliphatic carbocycles. The van der Waals surface area contributed by atoms with Gasteiger partial charge in [-0.25, -0.2) is 0 Å². The van der Waals surface area contributed by atoms with Gasteiger partial charge in [-0.3, -0.25) is 4.79 Å². The minimum absolute atomic E-state index is 0.211. The molecule has 0 fully saturated rings. The van der Waals surface area contributed by atoms with E-state index in [1.54, 1.807) is 19.2 Å². The first-order valence-corrected chi connectivity index (χ1v) is 4.76. The summed E-state index contributed by atoms with van der Waals surface area (Å²) in [6, 6.07) is 3.35. The van der Waals surface area contributed by atoms with Crippen LogP contribution in [0.2, 0.25) is 0 Å². The molecule has 0 atom stereocenters. The van der Waals surface area contributed by atoms with Crippen molar-refractivity contribution in [3.8, 4) is 0 Å². The zero-order valence-corrected chi connectivity index (χ0v) is 9.46. The Bertz CT molecular complexity index is 339. The molecule has 1 heterocycles. The van der Waals surface area contributed by atoms with E-state index in [-0.39, 0.29) is 11.4 Å². The zero-order chi connectivity index (χ0) is 11.5. The lowest BCUT2D eigenvalue weighted by molar-refractivity contribution is 0.0913. The van der Waals surface area contributed by atoms with E-state index >= 15 is 0 Å². The van der Waals surface area contributed by atoms with E-state index < -0.39 is 0 Å². The van der Waals surface area contributed by atoms with Crippen molar-refractivity contribution in [2.75, 3.05) is 12.4 Å². The number of amides is 1. The number of nitrogens with one attached hydrogen (secondary N) is 2. The van der Waals surface area contributed by atoms with Gasteiger partial charge in [0.25, 0.3) is 5.91 Å². The van der Waals surface area contributed by atoms with Gasteiger partial charge in [0.15, 0.2) is 5.69 Å². The quantitative estimate of drug-likeness (QED) is 0.762. The van der Waals surface area contributed by atoms with Crippen LogP contribution in [0.5, 0.6) is 0 Å². The van der Waals surface area contributed by atoms with Crippen LogP contribution in [0.25, 0.3) is 0 Å². The minimum atomic E-state index is -0.263. The molecular weight excluding hydrogens is 192 g/mol. The average molecular weight is 208 g/mol. The molecule has 0 saturated carbocycles. The summed E-state index contributed by atoms with van der Waals surface area (Å²) in [5.74, 6) is 0.431. The van der Waals surface area contributed by atoms with Crippen molar-refractivity contribution in [3.05, 3.63) is 17.8 Å². The third-order valence-corrected chi connectivity index (χ3v) is 1.64. The fourth-order valence-corrected chi connectivity index (χ4v) is 0.991. The van der Waals surface area contributed by atoms with Crippen LogP contribution in [0.3, 0.4) is 0 Å². The first kappa shape index (κ1) is 11.4. The molecule has 0 unspecified atom stereocenters. The number of anilines is 1. The molecule has 5 nitrogen and oxygen atoms in total. The summed E-state index contributed by atoms with van der Waals surface area (Å²) in [4.78, 5) is 11.6. The molecule has 0 bridgehead atoms. The molecule has 1 aromatic heterocycles. The van der Waals surface area contributed by atoms with Gasteiger partial charge >= 0.3 is 0 Å². The first-order valence-electron chi connectivity index (χ1n) is 4.76. The predicted molar refractivity (Wildman–Crippen MR) is 58.8 cm³/mol. The molecule has 1 aromatic rings. The molecule has 0 radical (unpaired) electrons. The van der Waals surface area contributed by atoms with Crippen LogP contribution < -0.4 is 10.6 Å². The SMILES string of the molecule is CNc1ccc(C(=O)NC(C)(C)C)nn1. The van der Waals surface area contributed by atoms with Gasteiger partial charge in [0.05, 0.1) is 0 Å². The second kappa shape index (κ2) is 4.25. The maximum atomic E-state index is 11.6. The van der Waals surface area contributed by atoms with Crippen molar-refractivity contribution in [2.24, 2.45) is 0 Å². The lowest BCUT2D eigenvalue weighted by atomic mass is 10.1. The van der Waals surface area contributed by atoms with Crippen LogP contribution in [0.15, 0.2) is 12.1 Å². The van der Waals surface area contributed by atoms with Crippen LogP contribution in [0.1, 0.15) is 31.3 Å². The second-order valence-electron chi connectivity index (χ2n) is 4.26. The van der Waals surface area contributed by atoms with Crippen LogP contribution in [0, 0.1) is 0 Å². The van der Waals surface area contributed by atoms with Crippen molar-refractivity contribution < 1.29 is 4.79 Å². The van der Waals surface area contributed by atoms with E-state index in [2.05, 4.69) is 20.8 Å². The molecular formula is C10H16N4O. The minimum Gasteiger partial charge on any atom is -0.372 e. The number of carbonyl (C=O) groups excluding carboxylic acids is 1. The monoisotopic (exact) mass is 208 g/mol. The lowest BCUT2D eigenvalue weighted by Crippen LogP contribution is -2.41. The summed E-state index contributed by atoms with van der Waals surface area (Å²) < 4.78 is 0. The Morgan fingerprint density at radius 3 is 2.33 bits per heavy atom. The Kier molecular flexibility index (Phi) is 3.24. The van der Waals surface area contributed by atoms with E-state index in [0.29, 0.717) is 11.5 Å². The molecule has 2 N–H and O–H groups in total. The van der Waals surface area contributed by atoms with Crippen molar-refractivity contribution in [1.29, 1.82) is 0 Å². The van der Waals surface area contributed by atoms with Gasteiger partial charge < -0.3 is 10.6 Å². The van der Waals surface area contributed by atoms with E-state index in [1.165, 1.54) is 0 Å². The Balaban J connectivity index is 2.75. The second-order valence-corrected chi connectivity index (χ2v) is 4.26. The number of hydrogen-bond donors (Lipinski definition) is 2. The van der Waals surface area contributed by atoms with Crippen molar-refractivity contribution in [3.63, 3.8) is 0 Å².